The van der Waals surface area contributed by atoms with E-state index < -0.39 is 10.8 Å². The van der Waals surface area contributed by atoms with Gasteiger partial charge in [0, 0.05) is 24.9 Å². The highest BCUT2D eigenvalue weighted by Gasteiger charge is 2.06. The summed E-state index contributed by atoms with van der Waals surface area (Å²) >= 11 is 17.1. The van der Waals surface area contributed by atoms with Crippen molar-refractivity contribution in [3.05, 3.63) is 93.4 Å². The highest BCUT2D eigenvalue weighted by molar-refractivity contribution is 7.85. The van der Waals surface area contributed by atoms with Crippen molar-refractivity contribution < 1.29 is 4.21 Å². The van der Waals surface area contributed by atoms with Crippen molar-refractivity contribution in [2.24, 2.45) is 0 Å². The van der Waals surface area contributed by atoms with Crippen molar-refractivity contribution in [3.63, 3.8) is 0 Å². The second-order valence-corrected chi connectivity index (χ2v) is 7.76. The highest BCUT2D eigenvalue weighted by atomic mass is 35.5. The number of halogens is 3. The standard InChI is InChI=1S/C12H8Cl2OS.C7H7Cl/c13-9-1-5-11(6-2-9)16(15)12-7-3-10(14)4-8-12;1-6-2-4-7(8)5-3-6/h1-8H;2-5H,1H3. The zero-order valence-electron chi connectivity index (χ0n) is 12.9. The smallest absolute Gasteiger partial charge is 0.0849 e. The molecule has 0 amide bonds. The lowest BCUT2D eigenvalue weighted by molar-refractivity contribution is 0.683. The Balaban J connectivity index is 0.000000219. The van der Waals surface area contributed by atoms with Crippen LogP contribution in [0.5, 0.6) is 0 Å². The average molecular weight is 398 g/mol. The molecule has 0 spiro atoms. The van der Waals surface area contributed by atoms with Gasteiger partial charge in [0.15, 0.2) is 0 Å². The van der Waals surface area contributed by atoms with Gasteiger partial charge >= 0.3 is 0 Å². The minimum Gasteiger partial charge on any atom is -0.249 e. The van der Waals surface area contributed by atoms with Crippen LogP contribution in [0.1, 0.15) is 5.56 Å². The Labute approximate surface area is 159 Å². The lowest BCUT2D eigenvalue weighted by Gasteiger charge is -2.02. The maximum atomic E-state index is 12.1. The fourth-order valence-corrected chi connectivity index (χ4v) is 3.20. The zero-order valence-corrected chi connectivity index (χ0v) is 16.0. The van der Waals surface area contributed by atoms with Gasteiger partial charge in [-0.3, -0.25) is 0 Å². The van der Waals surface area contributed by atoms with E-state index >= 15 is 0 Å². The zero-order chi connectivity index (χ0) is 17.5. The summed E-state index contributed by atoms with van der Waals surface area (Å²) in [6, 6.07) is 21.7. The third-order valence-corrected chi connectivity index (χ3v) is 5.22. The quantitative estimate of drug-likeness (QED) is 0.464. The molecule has 0 bridgehead atoms. The number of benzene rings is 3. The summed E-state index contributed by atoms with van der Waals surface area (Å²) in [7, 11) is -1.18. The van der Waals surface area contributed by atoms with Crippen LogP contribution in [0.3, 0.4) is 0 Å². The number of hydrogen-bond acceptors (Lipinski definition) is 1. The molecule has 0 heterocycles. The molecule has 0 aliphatic heterocycles. The third-order valence-electron chi connectivity index (χ3n) is 3.07. The van der Waals surface area contributed by atoms with E-state index in [1.807, 2.05) is 31.2 Å². The van der Waals surface area contributed by atoms with Crippen molar-refractivity contribution >= 4 is 45.6 Å². The summed E-state index contributed by atoms with van der Waals surface area (Å²) in [5.41, 5.74) is 1.24. The van der Waals surface area contributed by atoms with Gasteiger partial charge in [-0.15, -0.1) is 0 Å². The normalized spacial score (nSPS) is 10.2. The minimum absolute atomic E-state index is 0.636. The van der Waals surface area contributed by atoms with Crippen molar-refractivity contribution in [3.8, 4) is 0 Å². The van der Waals surface area contributed by atoms with Crippen LogP contribution in [0, 0.1) is 6.92 Å². The van der Waals surface area contributed by atoms with Crippen LogP contribution in [0.15, 0.2) is 82.6 Å². The van der Waals surface area contributed by atoms with Crippen molar-refractivity contribution in [1.29, 1.82) is 0 Å². The topological polar surface area (TPSA) is 17.1 Å². The molecule has 0 saturated carbocycles. The molecular weight excluding hydrogens is 383 g/mol. The van der Waals surface area contributed by atoms with E-state index in [9.17, 15) is 4.21 Å². The predicted molar refractivity (Wildman–Crippen MR) is 104 cm³/mol. The molecule has 3 aromatic carbocycles. The van der Waals surface area contributed by atoms with Crippen molar-refractivity contribution in [2.45, 2.75) is 16.7 Å². The maximum Gasteiger partial charge on any atom is 0.0849 e. The van der Waals surface area contributed by atoms with Crippen LogP contribution in [-0.2, 0) is 10.8 Å². The van der Waals surface area contributed by atoms with Gasteiger partial charge in [0.2, 0.25) is 0 Å². The molecule has 124 valence electrons. The molecule has 0 aliphatic carbocycles. The SMILES string of the molecule is Cc1ccc(Cl)cc1.O=S(c1ccc(Cl)cc1)c1ccc(Cl)cc1. The molecule has 0 fully saturated rings. The first-order valence-electron chi connectivity index (χ1n) is 7.11. The Morgan fingerprint density at radius 3 is 1.17 bits per heavy atom. The second-order valence-electron chi connectivity index (χ2n) is 4.97. The Bertz CT molecular complexity index is 729. The molecule has 0 radical (unpaired) electrons. The summed E-state index contributed by atoms with van der Waals surface area (Å²) in [5.74, 6) is 0. The number of aryl methyl sites for hydroxylation is 1. The van der Waals surface area contributed by atoms with E-state index in [2.05, 4.69) is 0 Å². The summed E-state index contributed by atoms with van der Waals surface area (Å²) in [4.78, 5) is 1.46. The van der Waals surface area contributed by atoms with Crippen LogP contribution >= 0.6 is 34.8 Å². The van der Waals surface area contributed by atoms with E-state index in [0.717, 1.165) is 14.8 Å². The Morgan fingerprint density at radius 1 is 0.583 bits per heavy atom. The van der Waals surface area contributed by atoms with E-state index in [1.54, 1.807) is 48.5 Å². The van der Waals surface area contributed by atoms with Gasteiger partial charge in [-0.1, -0.05) is 52.5 Å². The van der Waals surface area contributed by atoms with Crippen LogP contribution in [0.4, 0.5) is 0 Å². The van der Waals surface area contributed by atoms with Crippen molar-refractivity contribution in [2.75, 3.05) is 0 Å². The average Bonchev–Trinajstić information content (AvgIpc) is 2.59. The third kappa shape index (κ3) is 5.95. The summed E-state index contributed by atoms with van der Waals surface area (Å²) in [6.45, 7) is 2.04. The summed E-state index contributed by atoms with van der Waals surface area (Å²) in [5, 5.41) is 2.07. The fraction of sp³-hybridized carbons (Fsp3) is 0.0526. The van der Waals surface area contributed by atoms with E-state index in [0.29, 0.717) is 10.0 Å². The molecule has 1 nitrogen and oxygen atoms in total. The van der Waals surface area contributed by atoms with Gasteiger partial charge in [-0.2, -0.15) is 0 Å². The number of hydrogen-bond donors (Lipinski definition) is 0. The molecule has 0 atom stereocenters. The van der Waals surface area contributed by atoms with Crippen LogP contribution < -0.4 is 0 Å². The molecule has 3 aromatic rings. The first kappa shape index (κ1) is 19.0. The molecule has 5 heteroatoms. The predicted octanol–water partition coefficient (Wildman–Crippen LogP) is 6.81. The Morgan fingerprint density at radius 2 is 0.875 bits per heavy atom. The first-order chi connectivity index (χ1) is 11.5. The Hall–Kier alpha value is -1.32. The van der Waals surface area contributed by atoms with Crippen LogP contribution in [0.2, 0.25) is 15.1 Å². The highest BCUT2D eigenvalue weighted by Crippen LogP contribution is 2.20. The Kier molecular flexibility index (Phi) is 7.32. The summed E-state index contributed by atoms with van der Waals surface area (Å²) < 4.78 is 12.1. The monoisotopic (exact) mass is 396 g/mol. The molecule has 3 rings (SSSR count). The fourth-order valence-electron chi connectivity index (χ4n) is 1.79. The second kappa shape index (κ2) is 9.24. The maximum absolute atomic E-state index is 12.1. The van der Waals surface area contributed by atoms with Crippen LogP contribution in [0.25, 0.3) is 0 Å². The van der Waals surface area contributed by atoms with Gasteiger partial charge in [0.1, 0.15) is 0 Å². The van der Waals surface area contributed by atoms with Gasteiger partial charge in [-0.25, -0.2) is 4.21 Å². The molecule has 24 heavy (non-hydrogen) atoms. The van der Waals surface area contributed by atoms with Gasteiger partial charge in [0.05, 0.1) is 10.8 Å². The van der Waals surface area contributed by atoms with Crippen LogP contribution in [-0.4, -0.2) is 4.21 Å². The lowest BCUT2D eigenvalue weighted by atomic mass is 10.2. The largest absolute Gasteiger partial charge is 0.249 e. The lowest BCUT2D eigenvalue weighted by Crippen LogP contribution is -1.91. The van der Waals surface area contributed by atoms with Gasteiger partial charge in [0.25, 0.3) is 0 Å². The molecule has 0 saturated heterocycles. The van der Waals surface area contributed by atoms with E-state index in [-0.39, 0.29) is 0 Å². The molecular formula is C19H15Cl3OS. The molecule has 0 N–H and O–H groups in total. The molecule has 0 aromatic heterocycles. The van der Waals surface area contributed by atoms with Gasteiger partial charge in [-0.05, 0) is 67.6 Å². The first-order valence-corrected chi connectivity index (χ1v) is 9.39. The number of rotatable bonds is 2. The molecule has 0 unspecified atom stereocenters. The van der Waals surface area contributed by atoms with Gasteiger partial charge < -0.3 is 0 Å². The van der Waals surface area contributed by atoms with E-state index in [1.165, 1.54) is 5.56 Å². The van der Waals surface area contributed by atoms with Crippen molar-refractivity contribution in [1.82, 2.24) is 0 Å². The minimum atomic E-state index is -1.18. The molecule has 0 aliphatic rings. The summed E-state index contributed by atoms with van der Waals surface area (Å²) in [6.07, 6.45) is 0. The van der Waals surface area contributed by atoms with E-state index in [4.69, 9.17) is 34.8 Å².